The van der Waals surface area contributed by atoms with Crippen LogP contribution in [-0.4, -0.2) is 25.7 Å². The Balaban J connectivity index is 1.93. The van der Waals surface area contributed by atoms with E-state index < -0.39 is 0 Å². The molecule has 2 N–H and O–H groups in total. The average Bonchev–Trinajstić information content (AvgIpc) is 3.03. The van der Waals surface area contributed by atoms with Crippen molar-refractivity contribution in [1.82, 2.24) is 19.7 Å². The van der Waals surface area contributed by atoms with Gasteiger partial charge in [-0.2, -0.15) is 9.78 Å². The average molecular weight is 365 g/mol. The summed E-state index contributed by atoms with van der Waals surface area (Å²) in [5, 5.41) is 7.31. The van der Waals surface area contributed by atoms with Gasteiger partial charge in [-0.1, -0.05) is 44.2 Å². The van der Waals surface area contributed by atoms with Crippen molar-refractivity contribution in [1.29, 1.82) is 0 Å². The SMILES string of the molecule is CCc1cc(=O)[nH]c(-n2nc(C)cc2NC(=O)[C@H](CC)c2ccccc2)n1. The van der Waals surface area contributed by atoms with Crippen molar-refractivity contribution < 1.29 is 4.79 Å². The molecule has 0 spiro atoms. The summed E-state index contributed by atoms with van der Waals surface area (Å²) in [6.07, 6.45) is 1.30. The van der Waals surface area contributed by atoms with Gasteiger partial charge in [0.25, 0.3) is 5.56 Å². The number of amides is 1. The first-order chi connectivity index (χ1) is 13.0. The minimum absolute atomic E-state index is 0.126. The number of anilines is 1. The largest absolute Gasteiger partial charge is 0.310 e. The van der Waals surface area contributed by atoms with Crippen LogP contribution >= 0.6 is 0 Å². The first kappa shape index (κ1) is 18.6. The van der Waals surface area contributed by atoms with Gasteiger partial charge in [-0.15, -0.1) is 0 Å². The van der Waals surface area contributed by atoms with Crippen LogP contribution in [0.5, 0.6) is 0 Å². The fraction of sp³-hybridized carbons (Fsp3) is 0.300. The number of aromatic nitrogens is 4. The van der Waals surface area contributed by atoms with Crippen LogP contribution in [0.1, 0.15) is 43.1 Å². The van der Waals surface area contributed by atoms with Gasteiger partial charge in [-0.25, -0.2) is 4.98 Å². The molecule has 1 atom stereocenters. The molecule has 0 aliphatic rings. The van der Waals surface area contributed by atoms with E-state index in [1.165, 1.54) is 10.7 Å². The maximum absolute atomic E-state index is 12.9. The van der Waals surface area contributed by atoms with Crippen molar-refractivity contribution in [3.8, 4) is 5.95 Å². The molecule has 0 aliphatic carbocycles. The summed E-state index contributed by atoms with van der Waals surface area (Å²) in [5.41, 5.74) is 2.08. The van der Waals surface area contributed by atoms with Crippen molar-refractivity contribution >= 4 is 11.7 Å². The first-order valence-electron chi connectivity index (χ1n) is 9.05. The molecule has 0 radical (unpaired) electrons. The monoisotopic (exact) mass is 365 g/mol. The maximum atomic E-state index is 12.9. The minimum Gasteiger partial charge on any atom is -0.310 e. The van der Waals surface area contributed by atoms with Crippen molar-refractivity contribution in [2.24, 2.45) is 0 Å². The second kappa shape index (κ2) is 7.99. The third-order valence-corrected chi connectivity index (χ3v) is 4.35. The van der Waals surface area contributed by atoms with Gasteiger partial charge in [0.1, 0.15) is 5.82 Å². The van der Waals surface area contributed by atoms with Gasteiger partial charge in [0.15, 0.2) is 0 Å². The Morgan fingerprint density at radius 1 is 1.22 bits per heavy atom. The highest BCUT2D eigenvalue weighted by Crippen LogP contribution is 2.22. The molecule has 1 amide bonds. The van der Waals surface area contributed by atoms with Crippen molar-refractivity contribution in [2.75, 3.05) is 5.32 Å². The highest BCUT2D eigenvalue weighted by molar-refractivity contribution is 5.95. The number of benzene rings is 1. The lowest BCUT2D eigenvalue weighted by Crippen LogP contribution is -2.23. The first-order valence-corrected chi connectivity index (χ1v) is 9.05. The van der Waals surface area contributed by atoms with E-state index in [4.69, 9.17) is 0 Å². The van der Waals surface area contributed by atoms with Crippen LogP contribution in [0.3, 0.4) is 0 Å². The molecule has 3 aromatic rings. The zero-order valence-corrected chi connectivity index (χ0v) is 15.7. The summed E-state index contributed by atoms with van der Waals surface area (Å²) < 4.78 is 1.46. The van der Waals surface area contributed by atoms with Gasteiger partial charge in [-0.3, -0.25) is 14.6 Å². The van der Waals surface area contributed by atoms with Gasteiger partial charge < -0.3 is 5.32 Å². The molecule has 0 saturated carbocycles. The van der Waals surface area contributed by atoms with Crippen LogP contribution in [0.4, 0.5) is 5.82 Å². The lowest BCUT2D eigenvalue weighted by Gasteiger charge is -2.16. The van der Waals surface area contributed by atoms with E-state index in [0.29, 0.717) is 30.0 Å². The summed E-state index contributed by atoms with van der Waals surface area (Å²) >= 11 is 0. The fourth-order valence-corrected chi connectivity index (χ4v) is 3.00. The van der Waals surface area contributed by atoms with Crippen LogP contribution in [0.2, 0.25) is 0 Å². The van der Waals surface area contributed by atoms with Crippen molar-refractivity contribution in [3.63, 3.8) is 0 Å². The summed E-state index contributed by atoms with van der Waals surface area (Å²) in [4.78, 5) is 31.9. The van der Waals surface area contributed by atoms with Crippen molar-refractivity contribution in [3.05, 3.63) is 69.8 Å². The third kappa shape index (κ3) is 4.13. The number of rotatable bonds is 6. The number of nitrogens with zero attached hydrogens (tertiary/aromatic N) is 3. The molecule has 0 bridgehead atoms. The lowest BCUT2D eigenvalue weighted by atomic mass is 9.96. The number of aromatic amines is 1. The van der Waals surface area contributed by atoms with Crippen molar-refractivity contribution in [2.45, 2.75) is 39.5 Å². The summed E-state index contributed by atoms with van der Waals surface area (Å²) in [6, 6.07) is 12.9. The predicted molar refractivity (Wildman–Crippen MR) is 104 cm³/mol. The topological polar surface area (TPSA) is 92.7 Å². The van der Waals surface area contributed by atoms with Gasteiger partial charge in [-0.05, 0) is 25.3 Å². The zero-order chi connectivity index (χ0) is 19.4. The number of aryl methyl sites for hydroxylation is 2. The Labute approximate surface area is 157 Å². The molecule has 1 aromatic carbocycles. The molecule has 3 rings (SSSR count). The van der Waals surface area contributed by atoms with E-state index in [9.17, 15) is 9.59 Å². The number of carbonyl (C=O) groups is 1. The van der Waals surface area contributed by atoms with E-state index >= 15 is 0 Å². The van der Waals surface area contributed by atoms with Crippen LogP contribution in [0, 0.1) is 6.92 Å². The molecule has 0 unspecified atom stereocenters. The third-order valence-electron chi connectivity index (χ3n) is 4.35. The molecule has 0 saturated heterocycles. The quantitative estimate of drug-likeness (QED) is 0.702. The molecule has 7 nitrogen and oxygen atoms in total. The highest BCUT2D eigenvalue weighted by atomic mass is 16.2. The Kier molecular flexibility index (Phi) is 5.49. The molecule has 140 valence electrons. The zero-order valence-electron chi connectivity index (χ0n) is 15.7. The molecule has 7 heteroatoms. The smallest absolute Gasteiger partial charge is 0.252 e. The lowest BCUT2D eigenvalue weighted by molar-refractivity contribution is -0.117. The van der Waals surface area contributed by atoms with Gasteiger partial charge >= 0.3 is 0 Å². The molecular weight excluding hydrogens is 342 g/mol. The van der Waals surface area contributed by atoms with E-state index in [-0.39, 0.29) is 23.3 Å². The summed E-state index contributed by atoms with van der Waals surface area (Å²) in [6.45, 7) is 5.72. The second-order valence-electron chi connectivity index (χ2n) is 6.36. The normalized spacial score (nSPS) is 12.0. The number of nitrogens with one attached hydrogen (secondary N) is 2. The molecule has 0 fully saturated rings. The predicted octanol–water partition coefficient (Wildman–Crippen LogP) is 2.96. The van der Waals surface area contributed by atoms with Gasteiger partial charge in [0, 0.05) is 17.8 Å². The summed E-state index contributed by atoms with van der Waals surface area (Å²) in [7, 11) is 0. The van der Waals surface area contributed by atoms with Gasteiger partial charge in [0.2, 0.25) is 11.9 Å². The van der Waals surface area contributed by atoms with Crippen LogP contribution in [-0.2, 0) is 11.2 Å². The molecule has 2 heterocycles. The maximum Gasteiger partial charge on any atom is 0.252 e. The Bertz CT molecular complexity index is 991. The van der Waals surface area contributed by atoms with E-state index in [2.05, 4.69) is 20.4 Å². The second-order valence-corrected chi connectivity index (χ2v) is 6.36. The van der Waals surface area contributed by atoms with Crippen LogP contribution in [0.15, 0.2) is 47.3 Å². The molecule has 2 aromatic heterocycles. The standard InChI is InChI=1S/C20H23N5O2/c1-4-15-12-18(26)23-20(21-15)25-17(11-13(3)24-25)22-19(27)16(5-2)14-9-7-6-8-10-14/h6-12,16H,4-5H2,1-3H3,(H,22,27)(H,21,23,26)/t16-/m1/s1. The summed E-state index contributed by atoms with van der Waals surface area (Å²) in [5.74, 6) is 0.362. The number of H-pyrrole nitrogens is 1. The molecule has 0 aliphatic heterocycles. The fourth-order valence-electron chi connectivity index (χ4n) is 3.00. The van der Waals surface area contributed by atoms with Crippen LogP contribution < -0.4 is 10.9 Å². The van der Waals surface area contributed by atoms with E-state index in [0.717, 1.165) is 5.56 Å². The van der Waals surface area contributed by atoms with E-state index in [1.807, 2.05) is 51.1 Å². The minimum atomic E-state index is -0.274. The van der Waals surface area contributed by atoms with E-state index in [1.54, 1.807) is 6.07 Å². The molecular formula is C20H23N5O2. The van der Waals surface area contributed by atoms with Gasteiger partial charge in [0.05, 0.1) is 11.6 Å². The number of hydrogen-bond acceptors (Lipinski definition) is 4. The highest BCUT2D eigenvalue weighted by Gasteiger charge is 2.21. The number of carbonyl (C=O) groups excluding carboxylic acids is 1. The van der Waals surface area contributed by atoms with Crippen LogP contribution in [0.25, 0.3) is 5.95 Å². The Morgan fingerprint density at radius 2 is 1.96 bits per heavy atom. The Hall–Kier alpha value is -3.22. The Morgan fingerprint density at radius 3 is 2.63 bits per heavy atom. The molecule has 27 heavy (non-hydrogen) atoms. The number of hydrogen-bond donors (Lipinski definition) is 2.